The number of carbonyl (C=O) groups is 15. The van der Waals surface area contributed by atoms with E-state index in [2.05, 4.69) is 84.1 Å². The molecule has 0 aromatic heterocycles. The lowest BCUT2D eigenvalue weighted by molar-refractivity contribution is -0.145. The molecule has 108 heavy (non-hydrogen) atoms. The number of amides is 14. The van der Waals surface area contributed by atoms with Crippen LogP contribution in [0.2, 0.25) is 0 Å². The Morgan fingerprint density at radius 2 is 0.824 bits per heavy atom. The third kappa shape index (κ3) is 35.4. The van der Waals surface area contributed by atoms with Crippen LogP contribution in [0.15, 0.2) is 15.0 Å². The molecule has 612 valence electrons. The van der Waals surface area contributed by atoms with Crippen molar-refractivity contribution in [3.63, 3.8) is 0 Å². The number of nitrogens with zero attached hydrogens (tertiary/aromatic N) is 4. The van der Waals surface area contributed by atoms with Gasteiger partial charge in [0, 0.05) is 26.2 Å². The molecule has 1 saturated heterocycles. The molecular formula is C66H120N24O18. The number of nitrogens with two attached hydrogens (primary N) is 7. The van der Waals surface area contributed by atoms with Gasteiger partial charge in [-0.3, -0.25) is 82.1 Å². The van der Waals surface area contributed by atoms with Crippen LogP contribution < -0.4 is 109 Å². The number of carboxylic acid groups (broad SMARTS) is 1. The number of hydrogen-bond donors (Lipinski definition) is 23. The first-order valence-electron chi connectivity index (χ1n) is 36.2. The molecule has 0 aromatic rings. The Labute approximate surface area is 628 Å². The highest BCUT2D eigenvalue weighted by atomic mass is 16.4. The second kappa shape index (κ2) is 49.6. The molecule has 0 aliphatic carbocycles. The van der Waals surface area contributed by atoms with E-state index in [0.29, 0.717) is 25.7 Å². The number of aliphatic hydroxyl groups excluding tert-OH is 2. The zero-order chi connectivity index (χ0) is 82.2. The number of aliphatic imine (C=N–C) groups is 3. The summed E-state index contributed by atoms with van der Waals surface area (Å²) in [7, 11) is 0. The Balaban J connectivity index is 3.28. The molecule has 0 spiro atoms. The van der Waals surface area contributed by atoms with Crippen LogP contribution >= 0.6 is 0 Å². The lowest BCUT2D eigenvalue weighted by Crippen LogP contribution is -2.60. The Morgan fingerprint density at radius 3 is 1.27 bits per heavy atom. The highest BCUT2D eigenvalue weighted by Gasteiger charge is 2.39. The van der Waals surface area contributed by atoms with E-state index in [1.54, 1.807) is 55.4 Å². The molecule has 1 heterocycles. The van der Waals surface area contributed by atoms with Crippen molar-refractivity contribution in [3.05, 3.63) is 0 Å². The van der Waals surface area contributed by atoms with Crippen LogP contribution in [0.1, 0.15) is 153 Å². The molecule has 1 aliphatic rings. The highest BCUT2D eigenvalue weighted by Crippen LogP contribution is 2.19. The second-order valence-corrected chi connectivity index (χ2v) is 27.2. The van der Waals surface area contributed by atoms with Crippen LogP contribution in [-0.4, -0.2) is 258 Å². The molecule has 0 unspecified atom stereocenters. The van der Waals surface area contributed by atoms with Gasteiger partial charge < -0.3 is 129 Å². The first-order valence-corrected chi connectivity index (χ1v) is 36.2. The maximum absolute atomic E-state index is 14.3. The van der Waals surface area contributed by atoms with Crippen molar-refractivity contribution in [1.29, 1.82) is 0 Å². The van der Waals surface area contributed by atoms with Crippen LogP contribution in [0.5, 0.6) is 0 Å². The van der Waals surface area contributed by atoms with Crippen molar-refractivity contribution in [3.8, 4) is 0 Å². The number of aliphatic hydroxyl groups is 2. The fourth-order valence-electron chi connectivity index (χ4n) is 10.7. The fraction of sp³-hybridized carbons (Fsp3) is 0.727. The van der Waals surface area contributed by atoms with Crippen LogP contribution in [0.25, 0.3) is 0 Å². The van der Waals surface area contributed by atoms with Gasteiger partial charge in [0.05, 0.1) is 32.3 Å². The Kier molecular flexibility index (Phi) is 44.0. The molecule has 0 bridgehead atoms. The molecular weight excluding hydrogens is 1420 g/mol. The molecule has 42 nitrogen and oxygen atoms in total. The van der Waals surface area contributed by atoms with Gasteiger partial charge in [0.25, 0.3) is 0 Å². The molecule has 16 atom stereocenters. The average Bonchev–Trinajstić information content (AvgIpc) is 1.55. The molecule has 1 fully saturated rings. The Bertz CT molecular complexity index is 3130. The minimum absolute atomic E-state index is 0.00597. The predicted molar refractivity (Wildman–Crippen MR) is 396 cm³/mol. The lowest BCUT2D eigenvalue weighted by Gasteiger charge is -2.29. The zero-order valence-corrected chi connectivity index (χ0v) is 63.8. The normalized spacial score (nSPS) is 16.6. The van der Waals surface area contributed by atoms with E-state index in [4.69, 9.17) is 40.1 Å². The third-order valence-electron chi connectivity index (χ3n) is 17.7. The maximum Gasteiger partial charge on any atom is 0.328 e. The summed E-state index contributed by atoms with van der Waals surface area (Å²) in [5, 5.41) is 61.3. The number of hydrogen-bond acceptors (Lipinski definition) is 21. The van der Waals surface area contributed by atoms with Crippen molar-refractivity contribution < 1.29 is 87.2 Å². The van der Waals surface area contributed by atoms with Gasteiger partial charge in [-0.2, -0.15) is 0 Å². The Morgan fingerprint density at radius 1 is 0.444 bits per heavy atom. The van der Waals surface area contributed by atoms with Crippen LogP contribution in [-0.2, 0) is 71.9 Å². The van der Waals surface area contributed by atoms with Crippen molar-refractivity contribution in [2.45, 2.75) is 232 Å². The largest absolute Gasteiger partial charge is 0.480 e. The topological polar surface area (TPSA) is 696 Å². The minimum atomic E-state index is -1.67. The summed E-state index contributed by atoms with van der Waals surface area (Å²) < 4.78 is 0. The first-order chi connectivity index (χ1) is 50.6. The summed E-state index contributed by atoms with van der Waals surface area (Å²) in [5.41, 5.74) is 38.5. The van der Waals surface area contributed by atoms with Gasteiger partial charge in [0.2, 0.25) is 82.7 Å². The summed E-state index contributed by atoms with van der Waals surface area (Å²) in [6.07, 6.45) is 0.344. The van der Waals surface area contributed by atoms with Crippen LogP contribution in [0.3, 0.4) is 0 Å². The molecule has 42 heteroatoms. The van der Waals surface area contributed by atoms with Crippen molar-refractivity contribution >= 4 is 107 Å². The summed E-state index contributed by atoms with van der Waals surface area (Å²) in [6, 6.07) is -16.0. The van der Waals surface area contributed by atoms with Crippen molar-refractivity contribution in [2.75, 3.05) is 52.4 Å². The first kappa shape index (κ1) is 95.8. The average molecular weight is 1540 g/mol. The monoisotopic (exact) mass is 1540 g/mol. The smallest absolute Gasteiger partial charge is 0.328 e. The number of rotatable bonds is 50. The summed E-state index contributed by atoms with van der Waals surface area (Å²) in [5.74, 6) is -15.6. The van der Waals surface area contributed by atoms with Gasteiger partial charge in [-0.15, -0.1) is 0 Å². The number of carboxylic acids is 1. The van der Waals surface area contributed by atoms with Gasteiger partial charge in [0.1, 0.15) is 66.5 Å². The number of likely N-dealkylation sites (tertiary alicyclic amines) is 1. The van der Waals surface area contributed by atoms with Gasteiger partial charge >= 0.3 is 5.97 Å². The molecule has 1 rings (SSSR count). The number of carbonyl (C=O) groups excluding carboxylic acids is 14. The van der Waals surface area contributed by atoms with E-state index in [1.165, 1.54) is 18.7 Å². The minimum Gasteiger partial charge on any atom is -0.480 e. The molecule has 14 amide bonds. The van der Waals surface area contributed by atoms with E-state index in [1.807, 2.05) is 0 Å². The Hall–Kier alpha value is -10.3. The molecule has 0 aromatic carbocycles. The standard InChI is InChI=1S/C66H120N24O18/c1-12-33(6)48(88-57(101)42(21-17-25-76-66(72)73)84-61(105)49(34(7)13-2)86-46(94)29-77-55(99)40(19-15-23-74-64(68)69)83-54(98)39(67)31-91)60(104)79-30-47(95)90-26-18-22-44(90)59(103)78-28-45(93)82-41(20-16-24-75-65(70)71)56(100)80-36(9)52(96)87-50(35(8)14-3)62(106)85-43(27-32(4)5)58(102)81-37(10)53(97)89-51(38(11)92)63(107)108/h32-44,48-51,91-92H,12-31,67H2,1-11H3,(H,77,99)(H,78,103)(H,79,104)(H,80,100)(H,81,102)(H,82,93)(H,83,98)(H,84,105)(H,85,106)(H,86,94)(H,87,96)(H,88,101)(H,89,97)(H,107,108)(H4,68,69,74)(H4,70,71,75)(H4,72,73,76)/t33-,34-,35-,36-,37-,38+,39-,40-,41-,42-,43-,44-,48-,49-,50-,51-/m0/s1. The zero-order valence-electron chi connectivity index (χ0n) is 63.8. The van der Waals surface area contributed by atoms with E-state index >= 15 is 0 Å². The molecule has 1 aliphatic heterocycles. The third-order valence-corrected chi connectivity index (χ3v) is 17.7. The second-order valence-electron chi connectivity index (χ2n) is 27.2. The molecule has 0 radical (unpaired) electrons. The number of guanidine groups is 3. The van der Waals surface area contributed by atoms with Gasteiger partial charge in [-0.1, -0.05) is 74.7 Å². The maximum atomic E-state index is 14.3. The quantitative estimate of drug-likeness (QED) is 0.0153. The fourth-order valence-corrected chi connectivity index (χ4v) is 10.7. The van der Waals surface area contributed by atoms with Crippen molar-refractivity contribution in [1.82, 2.24) is 74.0 Å². The van der Waals surface area contributed by atoms with E-state index < -0.39 is 211 Å². The molecule has 0 saturated carbocycles. The highest BCUT2D eigenvalue weighted by molar-refractivity contribution is 6.00. The van der Waals surface area contributed by atoms with Crippen LogP contribution in [0.4, 0.5) is 0 Å². The van der Waals surface area contributed by atoms with Crippen LogP contribution in [0, 0.1) is 23.7 Å². The van der Waals surface area contributed by atoms with E-state index in [0.717, 1.165) is 6.92 Å². The summed E-state index contributed by atoms with van der Waals surface area (Å²) in [6.45, 7) is 14.9. The lowest BCUT2D eigenvalue weighted by atomic mass is 9.96. The number of nitrogens with one attached hydrogen (secondary N) is 13. The number of aliphatic carboxylic acids is 1. The van der Waals surface area contributed by atoms with Gasteiger partial charge in [-0.25, -0.2) is 4.79 Å². The predicted octanol–water partition coefficient (Wildman–Crippen LogP) is -8.66. The van der Waals surface area contributed by atoms with Gasteiger partial charge in [0.15, 0.2) is 23.9 Å². The van der Waals surface area contributed by atoms with E-state index in [9.17, 15) is 87.2 Å². The summed E-state index contributed by atoms with van der Waals surface area (Å²) in [4.78, 5) is 216. The van der Waals surface area contributed by atoms with E-state index in [-0.39, 0.29) is 101 Å². The summed E-state index contributed by atoms with van der Waals surface area (Å²) >= 11 is 0. The SMILES string of the molecule is CC[C@H](C)[C@H](NC(=O)CNC(=O)[C@H](CCCN=C(N)N)NC(=O)[C@@H](N)CO)C(=O)N[C@@H](CCCN=C(N)N)C(=O)N[C@H](C(=O)NCC(=O)N1CCC[C@H]1C(=O)NCC(=O)N[C@@H](CCCN=C(N)N)C(=O)N[C@@H](C)C(=O)N[C@H](C(=O)N[C@@H](CC(C)C)C(=O)N[C@@H](C)C(=O)N[C@H](C(=O)O)[C@@H](C)O)[C@@H](C)CC)[C@@H](C)CC. The van der Waals surface area contributed by atoms with Crippen molar-refractivity contribution in [2.24, 2.45) is 78.8 Å². The molecule has 30 N–H and O–H groups in total. The van der Waals surface area contributed by atoms with Gasteiger partial charge in [-0.05, 0) is 102 Å².